The number of nitrogens with zero attached hydrogens (tertiary/aromatic N) is 4. The van der Waals surface area contributed by atoms with E-state index in [-0.39, 0.29) is 27.6 Å². The number of ether oxygens (including phenoxy) is 1. The first-order chi connectivity index (χ1) is 15.0. The Morgan fingerprint density at radius 1 is 1.28 bits per heavy atom. The van der Waals surface area contributed by atoms with Crippen molar-refractivity contribution < 1.29 is 22.3 Å². The van der Waals surface area contributed by atoms with E-state index in [1.54, 1.807) is 6.07 Å². The second-order valence-electron chi connectivity index (χ2n) is 6.50. The molecule has 0 spiro atoms. The summed E-state index contributed by atoms with van der Waals surface area (Å²) in [6, 6.07) is 6.33. The monoisotopic (exact) mass is 469 g/mol. The summed E-state index contributed by atoms with van der Waals surface area (Å²) < 4.78 is 59.8. The molecule has 13 heteroatoms. The van der Waals surface area contributed by atoms with Crippen LogP contribution in [-0.4, -0.2) is 19.7 Å². The van der Waals surface area contributed by atoms with Crippen molar-refractivity contribution in [2.24, 2.45) is 0 Å². The topological polar surface area (TPSA) is 114 Å². The van der Waals surface area contributed by atoms with Gasteiger partial charge in [0.2, 0.25) is 5.75 Å². The van der Waals surface area contributed by atoms with E-state index in [0.717, 1.165) is 29.7 Å². The van der Waals surface area contributed by atoms with Gasteiger partial charge in [-0.2, -0.15) is 23.5 Å². The van der Waals surface area contributed by atoms with Gasteiger partial charge >= 0.3 is 6.18 Å². The minimum absolute atomic E-state index is 0.00198. The molecule has 1 unspecified atom stereocenters. The standard InChI is InChI=1S/C19H12ClF4N5O3/c1-9(21)14-5-12(27-28-17(14)30)7-29-8-26-16(19(22,23)24)15(18(29)31)32-13-3-10(6-25)2-11(20)4-13/h2-5,8-9H,7H2,1H3,(H,28,30). The Kier molecular flexibility index (Phi) is 6.31. The number of aromatic amines is 1. The lowest BCUT2D eigenvalue weighted by molar-refractivity contribution is -0.142. The van der Waals surface area contributed by atoms with Crippen molar-refractivity contribution in [2.75, 3.05) is 0 Å². The highest BCUT2D eigenvalue weighted by Gasteiger charge is 2.38. The van der Waals surface area contributed by atoms with Crippen molar-refractivity contribution in [2.45, 2.75) is 25.8 Å². The summed E-state index contributed by atoms with van der Waals surface area (Å²) >= 11 is 5.84. The summed E-state index contributed by atoms with van der Waals surface area (Å²) in [5, 5.41) is 14.7. The SMILES string of the molecule is CC(F)c1cc(Cn2cnc(C(F)(F)F)c(Oc3cc(Cl)cc(C#N)c3)c2=O)n[nH]c1=O. The molecule has 0 radical (unpaired) electrons. The van der Waals surface area contributed by atoms with Crippen molar-refractivity contribution in [3.8, 4) is 17.6 Å². The Balaban J connectivity index is 2.09. The van der Waals surface area contributed by atoms with E-state index in [2.05, 4.69) is 15.2 Å². The van der Waals surface area contributed by atoms with E-state index in [1.807, 2.05) is 0 Å². The quantitative estimate of drug-likeness (QED) is 0.569. The second kappa shape index (κ2) is 8.80. The molecule has 1 N–H and O–H groups in total. The molecule has 3 rings (SSSR count). The van der Waals surface area contributed by atoms with Gasteiger partial charge in [-0.25, -0.2) is 14.5 Å². The van der Waals surface area contributed by atoms with Gasteiger partial charge in [0.15, 0.2) is 5.69 Å². The van der Waals surface area contributed by atoms with E-state index in [4.69, 9.17) is 21.6 Å². The molecular formula is C19H12ClF4N5O3. The number of nitrogens with one attached hydrogen (secondary N) is 1. The zero-order valence-electron chi connectivity index (χ0n) is 16.1. The molecule has 2 heterocycles. The predicted molar refractivity (Wildman–Crippen MR) is 103 cm³/mol. The van der Waals surface area contributed by atoms with Gasteiger partial charge in [-0.3, -0.25) is 14.2 Å². The zero-order chi connectivity index (χ0) is 23.6. The molecule has 1 aromatic carbocycles. The number of H-pyrrole nitrogens is 1. The van der Waals surface area contributed by atoms with Gasteiger partial charge in [0.1, 0.15) is 11.9 Å². The molecule has 0 bridgehead atoms. The molecule has 0 saturated heterocycles. The molecule has 0 fully saturated rings. The van der Waals surface area contributed by atoms with E-state index in [0.29, 0.717) is 6.33 Å². The molecule has 0 saturated carbocycles. The van der Waals surface area contributed by atoms with Crippen LogP contribution in [0.2, 0.25) is 5.02 Å². The first-order valence-electron chi connectivity index (χ1n) is 8.77. The third kappa shape index (κ3) is 4.94. The maximum atomic E-state index is 13.6. The first kappa shape index (κ1) is 23.0. The van der Waals surface area contributed by atoms with Crippen molar-refractivity contribution in [3.05, 3.63) is 78.8 Å². The molecular weight excluding hydrogens is 458 g/mol. The maximum absolute atomic E-state index is 13.6. The van der Waals surface area contributed by atoms with Crippen LogP contribution in [-0.2, 0) is 12.7 Å². The Bertz CT molecular complexity index is 1330. The van der Waals surface area contributed by atoms with E-state index in [9.17, 15) is 27.2 Å². The lowest BCUT2D eigenvalue weighted by atomic mass is 10.2. The molecule has 8 nitrogen and oxygen atoms in total. The molecule has 0 aliphatic rings. The maximum Gasteiger partial charge on any atom is 0.437 e. The van der Waals surface area contributed by atoms with Gasteiger partial charge in [-0.15, -0.1) is 0 Å². The Labute approximate surface area is 181 Å². The van der Waals surface area contributed by atoms with Crippen LogP contribution >= 0.6 is 11.6 Å². The highest BCUT2D eigenvalue weighted by atomic mass is 35.5. The van der Waals surface area contributed by atoms with Crippen LogP contribution in [0.3, 0.4) is 0 Å². The van der Waals surface area contributed by atoms with Gasteiger partial charge < -0.3 is 4.74 Å². The summed E-state index contributed by atoms with van der Waals surface area (Å²) in [4.78, 5) is 27.7. The number of nitriles is 1. The van der Waals surface area contributed by atoms with Crippen LogP contribution in [0.25, 0.3) is 0 Å². The van der Waals surface area contributed by atoms with Crippen LogP contribution in [0, 0.1) is 11.3 Å². The third-order valence-electron chi connectivity index (χ3n) is 4.13. The predicted octanol–water partition coefficient (Wildman–Crippen LogP) is 3.74. The average molecular weight is 470 g/mol. The second-order valence-corrected chi connectivity index (χ2v) is 6.94. The molecule has 0 amide bonds. The summed E-state index contributed by atoms with van der Waals surface area (Å²) in [5.41, 5.74) is -3.87. The Morgan fingerprint density at radius 2 is 2.00 bits per heavy atom. The largest absolute Gasteiger partial charge is 0.449 e. The molecule has 0 aliphatic heterocycles. The van der Waals surface area contributed by atoms with Crippen molar-refractivity contribution in [3.63, 3.8) is 0 Å². The van der Waals surface area contributed by atoms with Crippen molar-refractivity contribution >= 4 is 11.6 Å². The van der Waals surface area contributed by atoms with Gasteiger partial charge in [0.25, 0.3) is 11.1 Å². The smallest absolute Gasteiger partial charge is 0.437 e. The first-order valence-corrected chi connectivity index (χ1v) is 9.15. The fraction of sp³-hybridized carbons (Fsp3) is 0.211. The minimum Gasteiger partial charge on any atom is -0.449 e. The average Bonchev–Trinajstić information content (AvgIpc) is 2.70. The van der Waals surface area contributed by atoms with Crippen molar-refractivity contribution in [1.82, 2.24) is 19.7 Å². The van der Waals surface area contributed by atoms with Gasteiger partial charge in [-0.1, -0.05) is 11.6 Å². The number of rotatable bonds is 5. The van der Waals surface area contributed by atoms with Gasteiger partial charge in [0.05, 0.1) is 35.8 Å². The molecule has 2 aromatic heterocycles. The highest BCUT2D eigenvalue weighted by molar-refractivity contribution is 6.30. The van der Waals surface area contributed by atoms with Crippen LogP contribution in [0.4, 0.5) is 17.6 Å². The lowest BCUT2D eigenvalue weighted by Gasteiger charge is -2.15. The minimum atomic E-state index is -5.03. The molecule has 3 aromatic rings. The number of aromatic nitrogens is 4. The fourth-order valence-corrected chi connectivity index (χ4v) is 2.92. The fourth-order valence-electron chi connectivity index (χ4n) is 2.70. The lowest BCUT2D eigenvalue weighted by Crippen LogP contribution is -2.27. The number of hydrogen-bond acceptors (Lipinski definition) is 6. The van der Waals surface area contributed by atoms with Crippen LogP contribution < -0.4 is 15.9 Å². The zero-order valence-corrected chi connectivity index (χ0v) is 16.8. The molecule has 0 aliphatic carbocycles. The molecule has 32 heavy (non-hydrogen) atoms. The van der Waals surface area contributed by atoms with Crippen LogP contribution in [0.1, 0.15) is 35.6 Å². The number of alkyl halides is 4. The highest BCUT2D eigenvalue weighted by Crippen LogP contribution is 2.35. The van der Waals surface area contributed by atoms with Crippen molar-refractivity contribution in [1.29, 1.82) is 5.26 Å². The Hall–Kier alpha value is -3.72. The van der Waals surface area contributed by atoms with E-state index < -0.39 is 41.5 Å². The summed E-state index contributed by atoms with van der Waals surface area (Å²) in [7, 11) is 0. The number of halogens is 5. The Morgan fingerprint density at radius 3 is 2.62 bits per heavy atom. The normalized spacial score (nSPS) is 12.3. The summed E-state index contributed by atoms with van der Waals surface area (Å²) in [6.45, 7) is 0.683. The van der Waals surface area contributed by atoms with E-state index in [1.165, 1.54) is 6.07 Å². The number of hydrogen-bond donors (Lipinski definition) is 1. The van der Waals surface area contributed by atoms with E-state index >= 15 is 0 Å². The third-order valence-corrected chi connectivity index (χ3v) is 4.35. The number of benzene rings is 1. The van der Waals surface area contributed by atoms with Crippen LogP contribution in [0.5, 0.6) is 11.5 Å². The summed E-state index contributed by atoms with van der Waals surface area (Å²) in [6.07, 6.45) is -6.04. The molecule has 1 atom stereocenters. The van der Waals surface area contributed by atoms with Gasteiger partial charge in [-0.05, 0) is 31.2 Å². The van der Waals surface area contributed by atoms with Gasteiger partial charge in [0, 0.05) is 5.02 Å². The summed E-state index contributed by atoms with van der Waals surface area (Å²) in [5.74, 6) is -1.44. The molecule has 166 valence electrons. The van der Waals surface area contributed by atoms with Crippen LogP contribution in [0.15, 0.2) is 40.2 Å².